The summed E-state index contributed by atoms with van der Waals surface area (Å²) in [6.07, 6.45) is 6.76. The lowest BCUT2D eigenvalue weighted by atomic mass is 9.97. The first-order valence-electron chi connectivity index (χ1n) is 6.50. The third kappa shape index (κ3) is 2.08. The van der Waals surface area contributed by atoms with Crippen LogP contribution in [-0.4, -0.2) is 17.0 Å². The zero-order valence-electron chi connectivity index (χ0n) is 10.6. The van der Waals surface area contributed by atoms with Crippen LogP contribution in [0.4, 0.5) is 5.69 Å². The molecule has 0 bridgehead atoms. The number of nitrogens with zero attached hydrogens (tertiary/aromatic N) is 2. The molecule has 0 saturated heterocycles. The zero-order chi connectivity index (χ0) is 12.4. The van der Waals surface area contributed by atoms with Crippen LogP contribution in [0.15, 0.2) is 30.5 Å². The van der Waals surface area contributed by atoms with Gasteiger partial charge < -0.3 is 5.32 Å². The van der Waals surface area contributed by atoms with Crippen LogP contribution in [0.3, 0.4) is 0 Å². The molecule has 0 atom stereocenters. The van der Waals surface area contributed by atoms with Gasteiger partial charge in [0.25, 0.3) is 0 Å². The van der Waals surface area contributed by atoms with Crippen molar-refractivity contribution in [2.45, 2.75) is 25.7 Å². The zero-order valence-corrected chi connectivity index (χ0v) is 10.6. The Kier molecular flexibility index (Phi) is 2.97. The maximum atomic E-state index is 4.71. The van der Waals surface area contributed by atoms with Crippen molar-refractivity contribution in [2.75, 3.05) is 12.4 Å². The van der Waals surface area contributed by atoms with Crippen molar-refractivity contribution in [1.29, 1.82) is 0 Å². The van der Waals surface area contributed by atoms with Crippen LogP contribution in [0.2, 0.25) is 0 Å². The molecule has 0 radical (unpaired) electrons. The Morgan fingerprint density at radius 3 is 2.61 bits per heavy atom. The number of hydrogen-bond acceptors (Lipinski definition) is 3. The van der Waals surface area contributed by atoms with E-state index in [1.165, 1.54) is 24.1 Å². The number of hydrogen-bond donors (Lipinski definition) is 1. The first-order valence-corrected chi connectivity index (χ1v) is 6.50. The molecule has 0 fully saturated rings. The van der Waals surface area contributed by atoms with Crippen LogP contribution in [0.1, 0.15) is 24.1 Å². The van der Waals surface area contributed by atoms with Gasteiger partial charge in [0.1, 0.15) is 0 Å². The monoisotopic (exact) mass is 239 g/mol. The van der Waals surface area contributed by atoms with Gasteiger partial charge in [-0.1, -0.05) is 0 Å². The van der Waals surface area contributed by atoms with Gasteiger partial charge in [-0.2, -0.15) is 0 Å². The number of rotatable bonds is 2. The van der Waals surface area contributed by atoms with Crippen molar-refractivity contribution in [2.24, 2.45) is 0 Å². The van der Waals surface area contributed by atoms with Crippen molar-refractivity contribution in [3.8, 4) is 11.4 Å². The molecule has 18 heavy (non-hydrogen) atoms. The molecule has 0 saturated carbocycles. The molecule has 1 N–H and O–H groups in total. The van der Waals surface area contributed by atoms with Crippen molar-refractivity contribution in [1.82, 2.24) is 9.97 Å². The van der Waals surface area contributed by atoms with E-state index < -0.39 is 0 Å². The minimum Gasteiger partial charge on any atom is -0.388 e. The van der Waals surface area contributed by atoms with Crippen molar-refractivity contribution >= 4 is 5.69 Å². The molecular formula is C15H17N3. The van der Waals surface area contributed by atoms with E-state index in [9.17, 15) is 0 Å². The summed E-state index contributed by atoms with van der Waals surface area (Å²) in [5, 5.41) is 3.11. The number of aryl methyl sites for hydroxylation is 2. The van der Waals surface area contributed by atoms with Crippen LogP contribution >= 0.6 is 0 Å². The summed E-state index contributed by atoms with van der Waals surface area (Å²) >= 11 is 0. The molecule has 0 unspecified atom stereocenters. The number of fused-ring (bicyclic) bond motifs is 1. The standard InChI is InChI=1S/C15H17N3/c1-16-13-8-6-11(7-9-13)15-17-10-12-4-2-3-5-14(12)18-15/h6-10,16H,2-5H2,1H3. The van der Waals surface area contributed by atoms with Crippen molar-refractivity contribution in [3.05, 3.63) is 41.7 Å². The van der Waals surface area contributed by atoms with Crippen molar-refractivity contribution < 1.29 is 0 Å². The largest absolute Gasteiger partial charge is 0.388 e. The predicted molar refractivity (Wildman–Crippen MR) is 73.7 cm³/mol. The summed E-state index contributed by atoms with van der Waals surface area (Å²) in [7, 11) is 1.92. The minimum atomic E-state index is 0.846. The fraction of sp³-hybridized carbons (Fsp3) is 0.333. The summed E-state index contributed by atoms with van der Waals surface area (Å²) in [6.45, 7) is 0. The average molecular weight is 239 g/mol. The first kappa shape index (κ1) is 11.2. The fourth-order valence-corrected chi connectivity index (χ4v) is 2.40. The molecule has 2 aromatic rings. The van der Waals surface area contributed by atoms with E-state index in [0.29, 0.717) is 0 Å². The fourth-order valence-electron chi connectivity index (χ4n) is 2.40. The van der Waals surface area contributed by atoms with E-state index in [0.717, 1.165) is 29.9 Å². The van der Waals surface area contributed by atoms with Gasteiger partial charge in [-0.05, 0) is 55.5 Å². The number of nitrogens with one attached hydrogen (secondary N) is 1. The van der Waals surface area contributed by atoms with Gasteiger partial charge in [-0.15, -0.1) is 0 Å². The molecule has 92 valence electrons. The Morgan fingerprint density at radius 1 is 1.06 bits per heavy atom. The summed E-state index contributed by atoms with van der Waals surface area (Å²) < 4.78 is 0. The summed E-state index contributed by atoms with van der Waals surface area (Å²) in [5.41, 5.74) is 4.76. The Balaban J connectivity index is 1.95. The molecule has 1 aromatic heterocycles. The smallest absolute Gasteiger partial charge is 0.159 e. The molecular weight excluding hydrogens is 222 g/mol. The van der Waals surface area contributed by atoms with Gasteiger partial charge in [0.15, 0.2) is 5.82 Å². The molecule has 3 nitrogen and oxygen atoms in total. The third-order valence-corrected chi connectivity index (χ3v) is 3.50. The maximum Gasteiger partial charge on any atom is 0.159 e. The Labute approximate surface area is 107 Å². The van der Waals surface area contributed by atoms with Gasteiger partial charge in [-0.3, -0.25) is 0 Å². The second-order valence-corrected chi connectivity index (χ2v) is 4.70. The molecule has 1 heterocycles. The molecule has 1 aliphatic carbocycles. The van der Waals surface area contributed by atoms with Crippen LogP contribution in [0, 0.1) is 0 Å². The molecule has 0 aliphatic heterocycles. The van der Waals surface area contributed by atoms with Crippen LogP contribution in [0.5, 0.6) is 0 Å². The average Bonchev–Trinajstić information content (AvgIpc) is 2.47. The molecule has 3 heteroatoms. The van der Waals surface area contributed by atoms with E-state index in [1.54, 1.807) is 0 Å². The van der Waals surface area contributed by atoms with Gasteiger partial charge in [-0.25, -0.2) is 9.97 Å². The molecule has 0 spiro atoms. The van der Waals surface area contributed by atoms with Gasteiger partial charge in [0.05, 0.1) is 0 Å². The molecule has 3 rings (SSSR count). The SMILES string of the molecule is CNc1ccc(-c2ncc3c(n2)CCCC3)cc1. The number of aromatic nitrogens is 2. The number of anilines is 1. The van der Waals surface area contributed by atoms with E-state index >= 15 is 0 Å². The number of benzene rings is 1. The molecule has 1 aromatic carbocycles. The van der Waals surface area contributed by atoms with Gasteiger partial charge in [0, 0.05) is 30.2 Å². The highest BCUT2D eigenvalue weighted by atomic mass is 14.9. The molecule has 1 aliphatic rings. The summed E-state index contributed by atoms with van der Waals surface area (Å²) in [6, 6.07) is 8.24. The van der Waals surface area contributed by atoms with Crippen molar-refractivity contribution in [3.63, 3.8) is 0 Å². The van der Waals surface area contributed by atoms with Crippen LogP contribution in [-0.2, 0) is 12.8 Å². The highest BCUT2D eigenvalue weighted by molar-refractivity contribution is 5.59. The van der Waals surface area contributed by atoms with E-state index in [-0.39, 0.29) is 0 Å². The Bertz CT molecular complexity index is 546. The van der Waals surface area contributed by atoms with Crippen LogP contribution < -0.4 is 5.32 Å². The maximum absolute atomic E-state index is 4.71. The Morgan fingerprint density at radius 2 is 1.83 bits per heavy atom. The normalized spacial score (nSPS) is 14.1. The summed E-state index contributed by atoms with van der Waals surface area (Å²) in [4.78, 5) is 9.19. The van der Waals surface area contributed by atoms with Crippen LogP contribution in [0.25, 0.3) is 11.4 Å². The van der Waals surface area contributed by atoms with E-state index in [1.807, 2.05) is 13.2 Å². The highest BCUT2D eigenvalue weighted by Gasteiger charge is 2.12. The predicted octanol–water partition coefficient (Wildman–Crippen LogP) is 3.06. The topological polar surface area (TPSA) is 37.8 Å². The van der Waals surface area contributed by atoms with Gasteiger partial charge in [0.2, 0.25) is 0 Å². The quantitative estimate of drug-likeness (QED) is 0.875. The Hall–Kier alpha value is -1.90. The lowest BCUT2D eigenvalue weighted by molar-refractivity contribution is 0.663. The second kappa shape index (κ2) is 4.77. The minimum absolute atomic E-state index is 0.846. The third-order valence-electron chi connectivity index (χ3n) is 3.50. The second-order valence-electron chi connectivity index (χ2n) is 4.70. The van der Waals surface area contributed by atoms with E-state index in [4.69, 9.17) is 4.98 Å². The van der Waals surface area contributed by atoms with Gasteiger partial charge >= 0.3 is 0 Å². The highest BCUT2D eigenvalue weighted by Crippen LogP contribution is 2.23. The van der Waals surface area contributed by atoms with E-state index in [2.05, 4.69) is 34.6 Å². The summed E-state index contributed by atoms with van der Waals surface area (Å²) in [5.74, 6) is 0.846. The lowest BCUT2D eigenvalue weighted by Crippen LogP contribution is -2.07. The lowest BCUT2D eigenvalue weighted by Gasteiger charge is -2.14. The molecule has 0 amide bonds. The first-order chi connectivity index (χ1) is 8.86.